The lowest BCUT2D eigenvalue weighted by Crippen LogP contribution is -1.99. The second-order valence-corrected chi connectivity index (χ2v) is 5.41. The molecule has 1 aromatic heterocycles. The summed E-state index contributed by atoms with van der Waals surface area (Å²) >= 11 is 6.14. The summed E-state index contributed by atoms with van der Waals surface area (Å²) in [5, 5.41) is 0.478. The van der Waals surface area contributed by atoms with Crippen LogP contribution in [0.3, 0.4) is 0 Å². The van der Waals surface area contributed by atoms with E-state index in [2.05, 4.69) is 41.2 Å². The van der Waals surface area contributed by atoms with Gasteiger partial charge in [0.1, 0.15) is 11.0 Å². The molecule has 0 N–H and O–H groups in total. The highest BCUT2D eigenvalue weighted by Crippen LogP contribution is 2.20. The van der Waals surface area contributed by atoms with Gasteiger partial charge in [-0.25, -0.2) is 9.97 Å². The van der Waals surface area contributed by atoms with Crippen LogP contribution in [0.25, 0.3) is 11.3 Å². The molecule has 0 aliphatic carbocycles. The van der Waals surface area contributed by atoms with E-state index in [4.69, 9.17) is 11.6 Å². The van der Waals surface area contributed by atoms with Crippen LogP contribution in [-0.2, 0) is 6.42 Å². The maximum atomic E-state index is 6.14. The van der Waals surface area contributed by atoms with Crippen molar-refractivity contribution in [3.8, 4) is 11.3 Å². The van der Waals surface area contributed by atoms with Crippen molar-refractivity contribution in [1.29, 1.82) is 0 Å². The number of hydrogen-bond donors (Lipinski definition) is 0. The van der Waals surface area contributed by atoms with Crippen LogP contribution in [0.2, 0.25) is 5.15 Å². The molecule has 2 aromatic carbocycles. The van der Waals surface area contributed by atoms with Crippen LogP contribution in [-0.4, -0.2) is 9.97 Å². The molecule has 21 heavy (non-hydrogen) atoms. The first-order valence-corrected chi connectivity index (χ1v) is 7.23. The van der Waals surface area contributed by atoms with E-state index in [1.54, 1.807) is 6.07 Å². The van der Waals surface area contributed by atoms with E-state index in [-0.39, 0.29) is 0 Å². The van der Waals surface area contributed by atoms with Gasteiger partial charge in [-0.05, 0) is 12.5 Å². The van der Waals surface area contributed by atoms with E-state index < -0.39 is 0 Å². The van der Waals surface area contributed by atoms with Gasteiger partial charge in [-0.3, -0.25) is 0 Å². The molecule has 0 atom stereocenters. The Morgan fingerprint density at radius 3 is 2.33 bits per heavy atom. The van der Waals surface area contributed by atoms with Crippen LogP contribution in [0.15, 0.2) is 60.7 Å². The van der Waals surface area contributed by atoms with Crippen LogP contribution in [0.4, 0.5) is 0 Å². The van der Waals surface area contributed by atoms with Crippen molar-refractivity contribution in [2.75, 3.05) is 0 Å². The summed E-state index contributed by atoms with van der Waals surface area (Å²) in [5.74, 6) is 0.741. The Hall–Kier alpha value is -2.19. The van der Waals surface area contributed by atoms with Gasteiger partial charge < -0.3 is 0 Å². The second-order valence-electron chi connectivity index (χ2n) is 5.02. The molecule has 0 bridgehead atoms. The van der Waals surface area contributed by atoms with Gasteiger partial charge in [0.2, 0.25) is 0 Å². The van der Waals surface area contributed by atoms with Gasteiger partial charge in [0.15, 0.2) is 0 Å². The fourth-order valence-electron chi connectivity index (χ4n) is 2.19. The van der Waals surface area contributed by atoms with E-state index in [0.717, 1.165) is 17.1 Å². The van der Waals surface area contributed by atoms with Gasteiger partial charge in [0.25, 0.3) is 0 Å². The van der Waals surface area contributed by atoms with Crippen molar-refractivity contribution in [3.63, 3.8) is 0 Å². The number of halogens is 1. The van der Waals surface area contributed by atoms with Crippen LogP contribution in [0.1, 0.15) is 17.0 Å². The van der Waals surface area contributed by atoms with Crippen molar-refractivity contribution < 1.29 is 0 Å². The molecule has 0 saturated carbocycles. The van der Waals surface area contributed by atoms with E-state index in [9.17, 15) is 0 Å². The zero-order chi connectivity index (χ0) is 14.7. The van der Waals surface area contributed by atoms with Gasteiger partial charge in [-0.2, -0.15) is 0 Å². The summed E-state index contributed by atoms with van der Waals surface area (Å²) in [4.78, 5) is 8.96. The number of benzene rings is 2. The van der Waals surface area contributed by atoms with Crippen molar-refractivity contribution in [2.45, 2.75) is 13.3 Å². The van der Waals surface area contributed by atoms with Crippen LogP contribution < -0.4 is 0 Å². The summed E-state index contributed by atoms with van der Waals surface area (Å²) in [7, 11) is 0. The highest BCUT2D eigenvalue weighted by atomic mass is 35.5. The highest BCUT2D eigenvalue weighted by Gasteiger charge is 2.06. The standard InChI is InChI=1S/C18H15ClN2/c1-13-7-9-14(10-8-13)11-18-20-16(12-17(19)21-18)15-5-3-2-4-6-15/h2-10,12H,11H2,1H3. The minimum Gasteiger partial charge on any atom is -0.232 e. The van der Waals surface area contributed by atoms with E-state index in [1.165, 1.54) is 11.1 Å². The Morgan fingerprint density at radius 1 is 0.905 bits per heavy atom. The predicted molar refractivity (Wildman–Crippen MR) is 86.5 cm³/mol. The molecular weight excluding hydrogens is 280 g/mol. The Bertz CT molecular complexity index is 737. The summed E-state index contributed by atoms with van der Waals surface area (Å²) in [5.41, 5.74) is 4.34. The lowest BCUT2D eigenvalue weighted by Gasteiger charge is -2.06. The smallest absolute Gasteiger partial charge is 0.135 e. The van der Waals surface area contributed by atoms with Gasteiger partial charge in [-0.1, -0.05) is 71.8 Å². The topological polar surface area (TPSA) is 25.8 Å². The monoisotopic (exact) mass is 294 g/mol. The molecular formula is C18H15ClN2. The Kier molecular flexibility index (Phi) is 3.98. The number of aryl methyl sites for hydroxylation is 1. The number of hydrogen-bond acceptors (Lipinski definition) is 2. The summed E-state index contributed by atoms with van der Waals surface area (Å²) in [6, 6.07) is 20.2. The Balaban J connectivity index is 1.93. The zero-order valence-electron chi connectivity index (χ0n) is 11.8. The first-order chi connectivity index (χ1) is 10.2. The fourth-order valence-corrected chi connectivity index (χ4v) is 2.39. The quantitative estimate of drug-likeness (QED) is 0.655. The van der Waals surface area contributed by atoms with Gasteiger partial charge in [0, 0.05) is 18.1 Å². The lowest BCUT2D eigenvalue weighted by atomic mass is 10.1. The van der Waals surface area contributed by atoms with Gasteiger partial charge in [0.05, 0.1) is 5.69 Å². The Morgan fingerprint density at radius 2 is 1.62 bits per heavy atom. The van der Waals surface area contributed by atoms with Crippen molar-refractivity contribution >= 4 is 11.6 Å². The predicted octanol–water partition coefficient (Wildman–Crippen LogP) is 4.70. The average Bonchev–Trinajstić information content (AvgIpc) is 2.50. The van der Waals surface area contributed by atoms with Gasteiger partial charge in [-0.15, -0.1) is 0 Å². The van der Waals surface area contributed by atoms with Crippen molar-refractivity contribution in [1.82, 2.24) is 9.97 Å². The first kappa shape index (κ1) is 13.8. The molecule has 0 aliphatic heterocycles. The molecule has 3 heteroatoms. The molecule has 3 aromatic rings. The molecule has 0 amide bonds. The molecule has 2 nitrogen and oxygen atoms in total. The summed E-state index contributed by atoms with van der Waals surface area (Å²) in [6.07, 6.45) is 0.681. The van der Waals surface area contributed by atoms with Crippen LogP contribution in [0.5, 0.6) is 0 Å². The van der Waals surface area contributed by atoms with Crippen LogP contribution in [0, 0.1) is 6.92 Å². The normalized spacial score (nSPS) is 10.6. The molecule has 3 rings (SSSR count). The number of rotatable bonds is 3. The maximum Gasteiger partial charge on any atom is 0.135 e. The summed E-state index contributed by atoms with van der Waals surface area (Å²) in [6.45, 7) is 2.08. The third kappa shape index (κ3) is 3.47. The third-order valence-electron chi connectivity index (χ3n) is 3.29. The fraction of sp³-hybridized carbons (Fsp3) is 0.111. The molecule has 0 spiro atoms. The lowest BCUT2D eigenvalue weighted by molar-refractivity contribution is 0.972. The summed E-state index contributed by atoms with van der Waals surface area (Å²) < 4.78 is 0. The molecule has 0 unspecified atom stereocenters. The van der Waals surface area contributed by atoms with E-state index in [0.29, 0.717) is 11.6 Å². The van der Waals surface area contributed by atoms with Gasteiger partial charge >= 0.3 is 0 Å². The average molecular weight is 295 g/mol. The van der Waals surface area contributed by atoms with E-state index in [1.807, 2.05) is 30.3 Å². The first-order valence-electron chi connectivity index (χ1n) is 6.85. The molecule has 0 saturated heterocycles. The minimum absolute atomic E-state index is 0.478. The molecule has 1 heterocycles. The highest BCUT2D eigenvalue weighted by molar-refractivity contribution is 6.29. The Labute approximate surface area is 129 Å². The van der Waals surface area contributed by atoms with Crippen molar-refractivity contribution in [2.24, 2.45) is 0 Å². The zero-order valence-corrected chi connectivity index (χ0v) is 12.5. The molecule has 0 fully saturated rings. The third-order valence-corrected chi connectivity index (χ3v) is 3.49. The van der Waals surface area contributed by atoms with E-state index >= 15 is 0 Å². The molecule has 0 aliphatic rings. The largest absolute Gasteiger partial charge is 0.232 e. The second kappa shape index (κ2) is 6.06. The molecule has 0 radical (unpaired) electrons. The number of nitrogens with zero attached hydrogens (tertiary/aromatic N) is 2. The minimum atomic E-state index is 0.478. The van der Waals surface area contributed by atoms with Crippen molar-refractivity contribution in [3.05, 3.63) is 82.8 Å². The SMILES string of the molecule is Cc1ccc(Cc2nc(Cl)cc(-c3ccccc3)n2)cc1. The van der Waals surface area contributed by atoms with Crippen LogP contribution >= 0.6 is 11.6 Å². The number of aromatic nitrogens is 2. The maximum absolute atomic E-state index is 6.14. The molecule has 104 valence electrons.